The second kappa shape index (κ2) is 5.38. The van der Waals surface area contributed by atoms with E-state index in [4.69, 9.17) is 4.74 Å². The first kappa shape index (κ1) is 13.5. The number of hydrogen-bond donors (Lipinski definition) is 0. The van der Waals surface area contributed by atoms with Gasteiger partial charge in [-0.15, -0.1) is 0 Å². The molecule has 0 aliphatic heterocycles. The molecule has 0 N–H and O–H groups in total. The van der Waals surface area contributed by atoms with E-state index >= 15 is 0 Å². The van der Waals surface area contributed by atoms with Gasteiger partial charge in [0.05, 0.1) is 6.10 Å². The molecule has 1 aromatic heterocycles. The Morgan fingerprint density at radius 1 is 1.32 bits per heavy atom. The third-order valence-electron chi connectivity index (χ3n) is 3.07. The molecule has 1 aliphatic carbocycles. The van der Waals surface area contributed by atoms with E-state index in [-0.39, 0.29) is 24.0 Å². The fourth-order valence-corrected chi connectivity index (χ4v) is 2.30. The zero-order chi connectivity index (χ0) is 14.0. The molecule has 0 saturated carbocycles. The highest BCUT2D eigenvalue weighted by Crippen LogP contribution is 2.19. The molecule has 1 aliphatic rings. The van der Waals surface area contributed by atoms with E-state index in [1.165, 1.54) is 10.6 Å². The van der Waals surface area contributed by atoms with E-state index < -0.39 is 5.97 Å². The Labute approximate surface area is 111 Å². The van der Waals surface area contributed by atoms with Crippen LogP contribution in [0.3, 0.4) is 0 Å². The highest BCUT2D eigenvalue weighted by atomic mass is 16.5. The first-order valence-corrected chi connectivity index (χ1v) is 6.44. The first-order valence-electron chi connectivity index (χ1n) is 6.44. The lowest BCUT2D eigenvalue weighted by Gasteiger charge is -2.19. The van der Waals surface area contributed by atoms with Crippen molar-refractivity contribution in [2.75, 3.05) is 0 Å². The second-order valence-corrected chi connectivity index (χ2v) is 4.93. The van der Waals surface area contributed by atoms with Crippen LogP contribution in [-0.4, -0.2) is 22.4 Å². The second-order valence-electron chi connectivity index (χ2n) is 4.93. The van der Waals surface area contributed by atoms with Crippen LogP contribution in [0.25, 0.3) is 0 Å². The van der Waals surface area contributed by atoms with E-state index in [0.717, 1.165) is 0 Å². The van der Waals surface area contributed by atoms with Gasteiger partial charge < -0.3 is 9.30 Å². The summed E-state index contributed by atoms with van der Waals surface area (Å²) < 4.78 is 6.40. The monoisotopic (exact) mass is 263 g/mol. The van der Waals surface area contributed by atoms with Crippen molar-refractivity contribution < 1.29 is 14.3 Å². The molecule has 0 aromatic carbocycles. The van der Waals surface area contributed by atoms with Gasteiger partial charge >= 0.3 is 5.97 Å². The molecule has 0 bridgehead atoms. The molecular formula is C14H17NO4. The lowest BCUT2D eigenvalue weighted by atomic mass is 9.94. The number of fused-ring (bicyclic) bond motifs is 1. The summed E-state index contributed by atoms with van der Waals surface area (Å²) in [5.41, 5.74) is 0.946. The van der Waals surface area contributed by atoms with Crippen LogP contribution < -0.4 is 5.56 Å². The molecule has 0 saturated heterocycles. The molecular weight excluding hydrogens is 246 g/mol. The maximum Gasteiger partial charge on any atom is 0.326 e. The van der Waals surface area contributed by atoms with Crippen LogP contribution in [0.4, 0.5) is 0 Å². The first-order chi connectivity index (χ1) is 8.99. The summed E-state index contributed by atoms with van der Waals surface area (Å²) in [7, 11) is 0. The van der Waals surface area contributed by atoms with Gasteiger partial charge in [0.25, 0.3) is 5.56 Å². The van der Waals surface area contributed by atoms with E-state index in [1.807, 2.05) is 0 Å². The molecule has 0 amide bonds. The Morgan fingerprint density at radius 3 is 2.74 bits per heavy atom. The molecule has 0 unspecified atom stereocenters. The largest absolute Gasteiger partial charge is 0.462 e. The SMILES string of the molecule is CC(C)OC(=O)Cn1c2c(ccc1=O)C(=O)CCC2. The number of Topliss-reactive ketones (excluding diaryl/α,β-unsaturated/α-hetero) is 1. The smallest absolute Gasteiger partial charge is 0.326 e. The molecule has 19 heavy (non-hydrogen) atoms. The van der Waals surface area contributed by atoms with Crippen LogP contribution in [0.1, 0.15) is 42.7 Å². The van der Waals surface area contributed by atoms with Crippen molar-refractivity contribution in [3.63, 3.8) is 0 Å². The van der Waals surface area contributed by atoms with E-state index in [0.29, 0.717) is 30.5 Å². The standard InChI is InChI=1S/C14H17NO4/c1-9(2)19-14(18)8-15-11-4-3-5-12(16)10(11)6-7-13(15)17/h6-7,9H,3-5,8H2,1-2H3. The van der Waals surface area contributed by atoms with Gasteiger partial charge in [-0.25, -0.2) is 0 Å². The maximum absolute atomic E-state index is 11.9. The molecule has 102 valence electrons. The number of carbonyl (C=O) groups is 2. The minimum Gasteiger partial charge on any atom is -0.462 e. The van der Waals surface area contributed by atoms with Crippen LogP contribution in [0.2, 0.25) is 0 Å². The molecule has 0 radical (unpaired) electrons. The van der Waals surface area contributed by atoms with Gasteiger partial charge in [-0.2, -0.15) is 0 Å². The van der Waals surface area contributed by atoms with Gasteiger partial charge in [-0.1, -0.05) is 0 Å². The van der Waals surface area contributed by atoms with Crippen LogP contribution >= 0.6 is 0 Å². The topological polar surface area (TPSA) is 65.4 Å². The predicted molar refractivity (Wildman–Crippen MR) is 69.2 cm³/mol. The fourth-order valence-electron chi connectivity index (χ4n) is 2.30. The Bertz CT molecular complexity index is 571. The van der Waals surface area contributed by atoms with Gasteiger partial charge in [-0.3, -0.25) is 14.4 Å². The summed E-state index contributed by atoms with van der Waals surface area (Å²) in [5.74, 6) is -0.421. The molecule has 5 heteroatoms. The molecule has 5 nitrogen and oxygen atoms in total. The quantitative estimate of drug-likeness (QED) is 0.771. The summed E-state index contributed by atoms with van der Waals surface area (Å²) in [4.78, 5) is 35.3. The van der Waals surface area contributed by atoms with Crippen LogP contribution in [0.5, 0.6) is 0 Å². The Balaban J connectivity index is 2.35. The molecule has 2 rings (SSSR count). The van der Waals surface area contributed by atoms with Crippen molar-refractivity contribution in [3.8, 4) is 0 Å². The lowest BCUT2D eigenvalue weighted by molar-refractivity contribution is -0.148. The zero-order valence-electron chi connectivity index (χ0n) is 11.1. The minimum atomic E-state index is -0.455. The van der Waals surface area contributed by atoms with Gasteiger partial charge in [0.15, 0.2) is 5.78 Å². The molecule has 1 aromatic rings. The molecule has 0 spiro atoms. The van der Waals surface area contributed by atoms with Crippen molar-refractivity contribution in [3.05, 3.63) is 33.7 Å². The average molecular weight is 263 g/mol. The average Bonchev–Trinajstić information content (AvgIpc) is 2.32. The Hall–Kier alpha value is -1.91. The molecule has 0 fully saturated rings. The lowest BCUT2D eigenvalue weighted by Crippen LogP contribution is -2.31. The Morgan fingerprint density at radius 2 is 2.05 bits per heavy atom. The minimum absolute atomic E-state index is 0.0345. The van der Waals surface area contributed by atoms with Gasteiger partial charge in [0, 0.05) is 23.7 Å². The summed E-state index contributed by atoms with van der Waals surface area (Å²) in [6.45, 7) is 3.38. The number of nitrogens with zero attached hydrogens (tertiary/aromatic N) is 1. The van der Waals surface area contributed by atoms with Crippen molar-refractivity contribution >= 4 is 11.8 Å². The number of rotatable bonds is 3. The third-order valence-corrected chi connectivity index (χ3v) is 3.07. The van der Waals surface area contributed by atoms with Crippen LogP contribution in [0.15, 0.2) is 16.9 Å². The van der Waals surface area contributed by atoms with E-state index in [2.05, 4.69) is 0 Å². The van der Waals surface area contributed by atoms with Crippen LogP contribution in [-0.2, 0) is 22.5 Å². The number of hydrogen-bond acceptors (Lipinski definition) is 4. The van der Waals surface area contributed by atoms with Crippen molar-refractivity contribution in [1.82, 2.24) is 4.57 Å². The summed E-state index contributed by atoms with van der Waals surface area (Å²) >= 11 is 0. The van der Waals surface area contributed by atoms with Gasteiger partial charge in [0.2, 0.25) is 0 Å². The number of carbonyl (C=O) groups excluding carboxylic acids is 2. The maximum atomic E-state index is 11.9. The van der Waals surface area contributed by atoms with Crippen molar-refractivity contribution in [2.45, 2.75) is 45.8 Å². The number of ketones is 1. The summed E-state index contributed by atoms with van der Waals surface area (Å²) in [6.07, 6.45) is 1.65. The summed E-state index contributed by atoms with van der Waals surface area (Å²) in [5, 5.41) is 0. The zero-order valence-corrected chi connectivity index (χ0v) is 11.1. The molecule has 0 atom stereocenters. The normalized spacial score (nSPS) is 14.4. The van der Waals surface area contributed by atoms with E-state index in [1.54, 1.807) is 19.9 Å². The van der Waals surface area contributed by atoms with Crippen LogP contribution in [0, 0.1) is 0 Å². The number of pyridine rings is 1. The highest BCUT2D eigenvalue weighted by Gasteiger charge is 2.22. The summed E-state index contributed by atoms with van der Waals surface area (Å²) in [6, 6.07) is 2.90. The molecule has 1 heterocycles. The Kier molecular flexibility index (Phi) is 3.83. The van der Waals surface area contributed by atoms with Crippen molar-refractivity contribution in [1.29, 1.82) is 0 Å². The van der Waals surface area contributed by atoms with Gasteiger partial charge in [-0.05, 0) is 32.8 Å². The highest BCUT2D eigenvalue weighted by molar-refractivity contribution is 5.98. The van der Waals surface area contributed by atoms with Gasteiger partial charge in [0.1, 0.15) is 6.54 Å². The number of aromatic nitrogens is 1. The fraction of sp³-hybridized carbons (Fsp3) is 0.500. The third kappa shape index (κ3) is 2.92. The number of esters is 1. The number of ether oxygens (including phenoxy) is 1. The van der Waals surface area contributed by atoms with Crippen molar-refractivity contribution in [2.24, 2.45) is 0 Å². The predicted octanol–water partition coefficient (Wildman–Crippen LogP) is 1.32. The van der Waals surface area contributed by atoms with E-state index in [9.17, 15) is 14.4 Å².